The van der Waals surface area contributed by atoms with E-state index in [1.54, 1.807) is 58.3 Å². The molecule has 2 atom stereocenters. The molecule has 64 heavy (non-hydrogen) atoms. The summed E-state index contributed by atoms with van der Waals surface area (Å²) in [6, 6.07) is 20.2. The first kappa shape index (κ1) is 45.0. The molecule has 10 nitrogen and oxygen atoms in total. The number of rotatable bonds is 14. The van der Waals surface area contributed by atoms with Crippen molar-refractivity contribution < 1.29 is 40.7 Å². The van der Waals surface area contributed by atoms with E-state index >= 15 is 0 Å². The molecule has 0 aromatic heterocycles. The van der Waals surface area contributed by atoms with Gasteiger partial charge in [-0.05, 0) is 105 Å². The summed E-state index contributed by atoms with van der Waals surface area (Å²) in [4.78, 5) is 48.1. The summed E-state index contributed by atoms with van der Waals surface area (Å²) in [6.07, 6.45) is 2.83. The van der Waals surface area contributed by atoms with Crippen LogP contribution in [-0.4, -0.2) is 78.9 Å². The highest BCUT2D eigenvalue weighted by atomic mass is 19.4. The van der Waals surface area contributed by atoms with Crippen LogP contribution in [0.3, 0.4) is 0 Å². The molecule has 4 N–H and O–H groups in total. The van der Waals surface area contributed by atoms with E-state index in [1.165, 1.54) is 24.3 Å². The van der Waals surface area contributed by atoms with Gasteiger partial charge >= 0.3 is 18.4 Å². The van der Waals surface area contributed by atoms with Crippen molar-refractivity contribution in [3.63, 3.8) is 0 Å². The van der Waals surface area contributed by atoms with E-state index in [0.717, 1.165) is 29.2 Å². The van der Waals surface area contributed by atoms with Gasteiger partial charge in [-0.25, -0.2) is 4.79 Å². The standard InChI is InChI=1S/C48H43F6N7O3/c1-4-30-14-18-32(19-15-30)42(55)40-38(56-36-12-6-10-34(26-36)47(49,50)51)28-59(44(40)62)24-8-22-58(3)23-9-25-60-29-39-41(45(60)63)43(33-20-16-31(5-2)17-21-33)57-46(64)61(39)37-13-7-11-35(27-37)48(52,53)54/h1-2,6-7,10-21,26-27,42-43,56H,8-9,22-25,28-29,55H2,3H3,(H,57,64)/t42-,43-/m1/s1. The van der Waals surface area contributed by atoms with Gasteiger partial charge in [0.2, 0.25) is 0 Å². The molecule has 4 aromatic carbocycles. The van der Waals surface area contributed by atoms with Crippen molar-refractivity contribution in [1.29, 1.82) is 0 Å². The molecule has 0 spiro atoms. The molecule has 0 bridgehead atoms. The fraction of sp³-hybridized carbons (Fsp3) is 0.271. The molecule has 16 heteroatoms. The number of benzene rings is 4. The van der Waals surface area contributed by atoms with Gasteiger partial charge in [-0.2, -0.15) is 26.3 Å². The van der Waals surface area contributed by atoms with Crippen LogP contribution in [-0.2, 0) is 21.9 Å². The molecule has 0 aliphatic carbocycles. The van der Waals surface area contributed by atoms with Crippen LogP contribution in [0.4, 0.5) is 42.5 Å². The van der Waals surface area contributed by atoms with Crippen LogP contribution in [0, 0.1) is 24.7 Å². The quantitative estimate of drug-likeness (QED) is 0.0886. The highest BCUT2D eigenvalue weighted by molar-refractivity contribution is 6.07. The molecule has 3 heterocycles. The summed E-state index contributed by atoms with van der Waals surface area (Å²) in [7, 11) is 1.88. The molecule has 4 aromatic rings. The van der Waals surface area contributed by atoms with Crippen LogP contribution in [0.1, 0.15) is 58.3 Å². The Balaban J connectivity index is 0.998. The molecular formula is C48H43F6N7O3. The maximum absolute atomic E-state index is 14.1. The number of nitrogens with one attached hydrogen (secondary N) is 2. The van der Waals surface area contributed by atoms with Crippen LogP contribution in [0.25, 0.3) is 0 Å². The van der Waals surface area contributed by atoms with E-state index in [-0.39, 0.29) is 59.7 Å². The maximum atomic E-state index is 14.1. The third-order valence-corrected chi connectivity index (χ3v) is 11.4. The lowest BCUT2D eigenvalue weighted by atomic mass is 9.94. The Morgan fingerprint density at radius 1 is 0.781 bits per heavy atom. The topological polar surface area (TPSA) is 114 Å². The maximum Gasteiger partial charge on any atom is 0.416 e. The minimum Gasteiger partial charge on any atom is -0.357 e. The van der Waals surface area contributed by atoms with Gasteiger partial charge in [0.1, 0.15) is 0 Å². The molecule has 0 radical (unpaired) electrons. The van der Waals surface area contributed by atoms with Gasteiger partial charge in [-0.1, -0.05) is 48.2 Å². The average Bonchev–Trinajstić information content (AvgIpc) is 3.76. The molecule has 4 amide bonds. The van der Waals surface area contributed by atoms with E-state index in [9.17, 15) is 40.7 Å². The Hall–Kier alpha value is -7.01. The van der Waals surface area contributed by atoms with Crippen molar-refractivity contribution in [2.24, 2.45) is 5.73 Å². The lowest BCUT2D eigenvalue weighted by Crippen LogP contribution is -2.47. The summed E-state index contributed by atoms with van der Waals surface area (Å²) >= 11 is 0. The van der Waals surface area contributed by atoms with Gasteiger partial charge in [0.25, 0.3) is 11.8 Å². The number of nitrogens with zero attached hydrogens (tertiary/aromatic N) is 4. The SMILES string of the molecule is C#Cc1ccc([C@@H](N)C2=C(Nc3cccc(C(F)(F)F)c3)CN(CCCN(C)CCCN3CC4=C(C3=O)[C@@H](c3ccc(C#C)cc3)NC(=O)N4c3cccc(C(F)(F)F)c3)C2=O)cc1. The second kappa shape index (κ2) is 18.4. The first-order valence-corrected chi connectivity index (χ1v) is 20.3. The van der Waals surface area contributed by atoms with Crippen LogP contribution in [0.5, 0.6) is 0 Å². The Morgan fingerprint density at radius 3 is 1.94 bits per heavy atom. The summed E-state index contributed by atoms with van der Waals surface area (Å²) in [5.74, 6) is 4.34. The predicted molar refractivity (Wildman–Crippen MR) is 230 cm³/mol. The monoisotopic (exact) mass is 879 g/mol. The smallest absolute Gasteiger partial charge is 0.357 e. The van der Waals surface area contributed by atoms with Gasteiger partial charge < -0.3 is 31.1 Å². The van der Waals surface area contributed by atoms with Gasteiger partial charge in [0, 0.05) is 35.6 Å². The first-order valence-electron chi connectivity index (χ1n) is 20.3. The number of carbonyl (C=O) groups is 3. The van der Waals surface area contributed by atoms with Gasteiger partial charge in [-0.3, -0.25) is 14.5 Å². The van der Waals surface area contributed by atoms with Crippen molar-refractivity contribution in [1.82, 2.24) is 20.0 Å². The lowest BCUT2D eigenvalue weighted by molar-refractivity contribution is -0.138. The van der Waals surface area contributed by atoms with Gasteiger partial charge in [-0.15, -0.1) is 12.8 Å². The number of terminal acetylenes is 2. The molecule has 3 aliphatic heterocycles. The number of hydrogen-bond donors (Lipinski definition) is 3. The zero-order valence-corrected chi connectivity index (χ0v) is 34.6. The van der Waals surface area contributed by atoms with E-state index in [4.69, 9.17) is 18.6 Å². The van der Waals surface area contributed by atoms with E-state index < -0.39 is 41.6 Å². The Bertz CT molecular complexity index is 2590. The lowest BCUT2D eigenvalue weighted by Gasteiger charge is -2.34. The van der Waals surface area contributed by atoms with E-state index in [1.807, 2.05) is 11.9 Å². The molecule has 330 valence electrons. The Labute approximate surface area is 366 Å². The Kier molecular flexibility index (Phi) is 12.9. The summed E-state index contributed by atoms with van der Waals surface area (Å²) in [5, 5.41) is 5.85. The number of anilines is 2. The minimum atomic E-state index is -4.66. The van der Waals surface area contributed by atoms with Crippen molar-refractivity contribution in [3.05, 3.63) is 153 Å². The van der Waals surface area contributed by atoms with Crippen LogP contribution in [0.15, 0.2) is 120 Å². The van der Waals surface area contributed by atoms with Crippen LogP contribution >= 0.6 is 0 Å². The molecule has 0 saturated heterocycles. The molecule has 0 unspecified atom stereocenters. The second-order valence-corrected chi connectivity index (χ2v) is 15.7. The molecule has 0 fully saturated rings. The van der Waals surface area contributed by atoms with Crippen molar-refractivity contribution in [3.8, 4) is 24.7 Å². The van der Waals surface area contributed by atoms with E-state index in [0.29, 0.717) is 60.4 Å². The molecule has 7 rings (SSSR count). The Morgan fingerprint density at radius 2 is 1.34 bits per heavy atom. The number of amides is 4. The van der Waals surface area contributed by atoms with Crippen LogP contribution < -0.4 is 21.3 Å². The second-order valence-electron chi connectivity index (χ2n) is 15.7. The highest BCUT2D eigenvalue weighted by Crippen LogP contribution is 2.41. The highest BCUT2D eigenvalue weighted by Gasteiger charge is 2.45. The van der Waals surface area contributed by atoms with E-state index in [2.05, 4.69) is 22.5 Å². The molecular weight excluding hydrogens is 837 g/mol. The van der Waals surface area contributed by atoms with Crippen molar-refractivity contribution in [2.75, 3.05) is 56.5 Å². The number of nitrogens with two attached hydrogens (primary N) is 1. The van der Waals surface area contributed by atoms with Crippen molar-refractivity contribution in [2.45, 2.75) is 37.3 Å². The number of alkyl halides is 6. The fourth-order valence-electron chi connectivity index (χ4n) is 8.12. The normalized spacial score (nSPS) is 17.2. The average molecular weight is 880 g/mol. The van der Waals surface area contributed by atoms with Crippen LogP contribution in [0.2, 0.25) is 0 Å². The third kappa shape index (κ3) is 9.63. The van der Waals surface area contributed by atoms with Gasteiger partial charge in [0.05, 0.1) is 58.8 Å². The number of halogens is 6. The third-order valence-electron chi connectivity index (χ3n) is 11.4. The summed E-state index contributed by atoms with van der Waals surface area (Å²) in [6.45, 7) is 1.71. The molecule has 3 aliphatic rings. The fourth-order valence-corrected chi connectivity index (χ4v) is 8.12. The zero-order chi connectivity index (χ0) is 45.9. The predicted octanol–water partition coefficient (Wildman–Crippen LogP) is 7.67. The summed E-state index contributed by atoms with van der Waals surface area (Å²) < 4.78 is 81.8. The number of urea groups is 1. The van der Waals surface area contributed by atoms with Gasteiger partial charge in [0.15, 0.2) is 0 Å². The first-order chi connectivity index (χ1) is 30.5. The molecule has 0 saturated carbocycles. The number of carbonyl (C=O) groups excluding carboxylic acids is 3. The van der Waals surface area contributed by atoms with Crippen molar-refractivity contribution >= 4 is 29.2 Å². The largest absolute Gasteiger partial charge is 0.416 e. The zero-order valence-electron chi connectivity index (χ0n) is 34.6. The summed E-state index contributed by atoms with van der Waals surface area (Å²) in [5.41, 5.74) is 8.49. The minimum absolute atomic E-state index is 0.0139. The number of hydrogen-bond acceptors (Lipinski definition) is 6.